The van der Waals surface area contributed by atoms with Crippen LogP contribution < -0.4 is 10.0 Å². The Hall–Kier alpha value is -0.920. The molecule has 1 unspecified atom stereocenters. The second-order valence-corrected chi connectivity index (χ2v) is 8.01. The molecule has 1 aromatic heterocycles. The minimum atomic E-state index is -3.07. The molecule has 3 N–H and O–H groups in total. The topological polar surface area (TPSA) is 86.9 Å². The summed E-state index contributed by atoms with van der Waals surface area (Å²) in [6, 6.07) is 2.20. The Kier molecular flexibility index (Phi) is 3.83. The van der Waals surface area contributed by atoms with Gasteiger partial charge in [0.25, 0.3) is 0 Å². The van der Waals surface area contributed by atoms with Gasteiger partial charge < -0.3 is 5.32 Å². The molecular formula is C13H22N4O2S. The maximum Gasteiger partial charge on any atom is 0.214 e. The van der Waals surface area contributed by atoms with Crippen molar-refractivity contribution in [1.82, 2.24) is 20.2 Å². The van der Waals surface area contributed by atoms with E-state index in [2.05, 4.69) is 26.3 Å². The van der Waals surface area contributed by atoms with Crippen molar-refractivity contribution in [3.8, 4) is 0 Å². The molecular weight excluding hydrogens is 276 g/mol. The normalized spacial score (nSPS) is 21.1. The summed E-state index contributed by atoms with van der Waals surface area (Å²) < 4.78 is 26.1. The summed E-state index contributed by atoms with van der Waals surface area (Å²) in [5.74, 6) is 0.655. The summed E-state index contributed by atoms with van der Waals surface area (Å²) in [6.45, 7) is 3.10. The van der Waals surface area contributed by atoms with Gasteiger partial charge in [0.15, 0.2) is 0 Å². The van der Waals surface area contributed by atoms with E-state index in [1.807, 2.05) is 6.92 Å². The van der Waals surface area contributed by atoms with Gasteiger partial charge in [0.2, 0.25) is 10.0 Å². The Morgan fingerprint density at radius 3 is 2.80 bits per heavy atom. The monoisotopic (exact) mass is 298 g/mol. The van der Waals surface area contributed by atoms with Gasteiger partial charge >= 0.3 is 0 Å². The summed E-state index contributed by atoms with van der Waals surface area (Å²) in [6.07, 6.45) is 4.10. The first kappa shape index (κ1) is 14.0. The molecule has 2 aliphatic carbocycles. The smallest absolute Gasteiger partial charge is 0.214 e. The molecule has 3 rings (SSSR count). The van der Waals surface area contributed by atoms with E-state index in [1.165, 1.54) is 12.8 Å². The van der Waals surface area contributed by atoms with Crippen LogP contribution in [0.1, 0.15) is 49.9 Å². The maximum atomic E-state index is 11.7. The predicted molar refractivity (Wildman–Crippen MR) is 76.8 cm³/mol. The highest BCUT2D eigenvalue weighted by Gasteiger charge is 2.35. The van der Waals surface area contributed by atoms with Crippen LogP contribution in [0.5, 0.6) is 0 Å². The molecule has 2 fully saturated rings. The zero-order valence-electron chi connectivity index (χ0n) is 11.7. The number of rotatable bonds is 8. The van der Waals surface area contributed by atoms with E-state index >= 15 is 0 Å². The molecule has 20 heavy (non-hydrogen) atoms. The first-order chi connectivity index (χ1) is 9.54. The fourth-order valence-corrected chi connectivity index (χ4v) is 3.63. The van der Waals surface area contributed by atoms with Gasteiger partial charge in [-0.15, -0.1) is 0 Å². The van der Waals surface area contributed by atoms with Crippen molar-refractivity contribution in [3.05, 3.63) is 17.5 Å². The minimum Gasteiger partial charge on any atom is -0.307 e. The van der Waals surface area contributed by atoms with Gasteiger partial charge in [0, 0.05) is 30.7 Å². The highest BCUT2D eigenvalue weighted by Crippen LogP contribution is 2.38. The first-order valence-corrected chi connectivity index (χ1v) is 8.85. The van der Waals surface area contributed by atoms with Gasteiger partial charge in [-0.1, -0.05) is 0 Å². The van der Waals surface area contributed by atoms with E-state index < -0.39 is 10.0 Å². The number of aromatic amines is 1. The second-order valence-electron chi connectivity index (χ2n) is 5.97. The number of aromatic nitrogens is 2. The maximum absolute atomic E-state index is 11.7. The average molecular weight is 298 g/mol. The van der Waals surface area contributed by atoms with Crippen LogP contribution in [0, 0.1) is 0 Å². The van der Waals surface area contributed by atoms with Crippen molar-refractivity contribution < 1.29 is 8.42 Å². The summed E-state index contributed by atoms with van der Waals surface area (Å²) in [5, 5.41) is 10.5. The second kappa shape index (κ2) is 5.46. The van der Waals surface area contributed by atoms with Crippen molar-refractivity contribution in [2.75, 3.05) is 6.54 Å². The van der Waals surface area contributed by atoms with E-state index in [1.54, 1.807) is 0 Å². The van der Waals surface area contributed by atoms with Gasteiger partial charge in [-0.3, -0.25) is 5.10 Å². The fraction of sp³-hybridized carbons (Fsp3) is 0.769. The van der Waals surface area contributed by atoms with E-state index in [-0.39, 0.29) is 11.3 Å². The van der Waals surface area contributed by atoms with Gasteiger partial charge in [0.05, 0.1) is 10.9 Å². The molecule has 112 valence electrons. The van der Waals surface area contributed by atoms with Crippen molar-refractivity contribution in [2.24, 2.45) is 0 Å². The third-order valence-electron chi connectivity index (χ3n) is 3.84. The molecule has 0 spiro atoms. The molecule has 1 atom stereocenters. The van der Waals surface area contributed by atoms with Crippen LogP contribution in [0.2, 0.25) is 0 Å². The van der Waals surface area contributed by atoms with Crippen LogP contribution in [-0.2, 0) is 16.6 Å². The summed E-state index contributed by atoms with van der Waals surface area (Å²) in [7, 11) is -3.07. The van der Waals surface area contributed by atoms with E-state index in [9.17, 15) is 8.42 Å². The Bertz CT molecular complexity index is 561. The number of hydrogen-bond acceptors (Lipinski definition) is 4. The van der Waals surface area contributed by atoms with Crippen LogP contribution >= 0.6 is 0 Å². The highest BCUT2D eigenvalue weighted by molar-refractivity contribution is 7.90. The van der Waals surface area contributed by atoms with E-state index in [4.69, 9.17) is 0 Å². The molecule has 0 aliphatic heterocycles. The minimum absolute atomic E-state index is 0.0937. The Labute approximate surface area is 119 Å². The van der Waals surface area contributed by atoms with Crippen molar-refractivity contribution in [3.63, 3.8) is 0 Å². The van der Waals surface area contributed by atoms with Crippen molar-refractivity contribution in [2.45, 2.75) is 56.4 Å². The van der Waals surface area contributed by atoms with Crippen LogP contribution in [0.3, 0.4) is 0 Å². The Morgan fingerprint density at radius 2 is 2.15 bits per heavy atom. The predicted octanol–water partition coefficient (Wildman–Crippen LogP) is 0.847. The Morgan fingerprint density at radius 1 is 1.40 bits per heavy atom. The molecule has 1 heterocycles. The SMILES string of the molecule is CC(CNS(=O)(=O)C1CC1)NCc1cc(C2CC2)n[nH]1. The molecule has 0 amide bonds. The quantitative estimate of drug-likeness (QED) is 0.664. The third kappa shape index (κ3) is 3.59. The number of H-pyrrole nitrogens is 1. The molecule has 0 saturated heterocycles. The summed E-state index contributed by atoms with van der Waals surface area (Å²) in [5.41, 5.74) is 2.22. The molecule has 0 radical (unpaired) electrons. The molecule has 1 aromatic rings. The van der Waals surface area contributed by atoms with Crippen LogP contribution in [-0.4, -0.2) is 36.5 Å². The number of hydrogen-bond donors (Lipinski definition) is 3. The lowest BCUT2D eigenvalue weighted by Crippen LogP contribution is -2.39. The molecule has 2 saturated carbocycles. The number of sulfonamides is 1. The molecule has 0 aromatic carbocycles. The van der Waals surface area contributed by atoms with Gasteiger partial charge in [-0.25, -0.2) is 13.1 Å². The average Bonchev–Trinajstić information content (AvgIpc) is 3.31. The Balaban J connectivity index is 1.40. The van der Waals surface area contributed by atoms with E-state index in [0.717, 1.165) is 24.2 Å². The molecule has 6 nitrogen and oxygen atoms in total. The lowest BCUT2D eigenvalue weighted by molar-refractivity contribution is 0.520. The zero-order chi connectivity index (χ0) is 14.2. The van der Waals surface area contributed by atoms with Crippen LogP contribution in [0.4, 0.5) is 0 Å². The number of nitrogens with one attached hydrogen (secondary N) is 3. The first-order valence-electron chi connectivity index (χ1n) is 7.30. The number of nitrogens with zero attached hydrogens (tertiary/aromatic N) is 1. The van der Waals surface area contributed by atoms with Crippen LogP contribution in [0.25, 0.3) is 0 Å². The summed E-state index contributed by atoms with van der Waals surface area (Å²) in [4.78, 5) is 0. The highest BCUT2D eigenvalue weighted by atomic mass is 32.2. The van der Waals surface area contributed by atoms with Crippen molar-refractivity contribution >= 4 is 10.0 Å². The lowest BCUT2D eigenvalue weighted by Gasteiger charge is -2.14. The van der Waals surface area contributed by atoms with Gasteiger partial charge in [-0.2, -0.15) is 5.10 Å². The zero-order valence-corrected chi connectivity index (χ0v) is 12.5. The molecule has 0 bridgehead atoms. The molecule has 7 heteroatoms. The summed E-state index contributed by atoms with van der Waals surface area (Å²) >= 11 is 0. The lowest BCUT2D eigenvalue weighted by atomic mass is 10.2. The largest absolute Gasteiger partial charge is 0.307 e. The third-order valence-corrected chi connectivity index (χ3v) is 5.76. The van der Waals surface area contributed by atoms with Crippen LogP contribution in [0.15, 0.2) is 6.07 Å². The van der Waals surface area contributed by atoms with Gasteiger partial charge in [0.1, 0.15) is 0 Å². The van der Waals surface area contributed by atoms with E-state index in [0.29, 0.717) is 19.0 Å². The van der Waals surface area contributed by atoms with Crippen molar-refractivity contribution in [1.29, 1.82) is 0 Å². The fourth-order valence-electron chi connectivity index (χ4n) is 2.15. The standard InChI is InChI=1S/C13H22N4O2S/c1-9(7-15-20(18,19)12-4-5-12)14-8-11-6-13(17-16-11)10-2-3-10/h6,9-10,12,14-15H,2-5,7-8H2,1H3,(H,16,17). The molecule has 2 aliphatic rings. The van der Waals surface area contributed by atoms with Gasteiger partial charge in [-0.05, 0) is 38.7 Å².